The molecule has 0 saturated heterocycles. The smallest absolute Gasteiger partial charge is 0.160 e. The van der Waals surface area contributed by atoms with Gasteiger partial charge in [-0.05, 0) is 18.2 Å². The van der Waals surface area contributed by atoms with Crippen molar-refractivity contribution in [3.05, 3.63) is 42.7 Å². The van der Waals surface area contributed by atoms with E-state index in [0.29, 0.717) is 5.82 Å². The highest BCUT2D eigenvalue weighted by atomic mass is 15.1. The van der Waals surface area contributed by atoms with Crippen LogP contribution in [-0.4, -0.2) is 28.0 Å². The van der Waals surface area contributed by atoms with Crippen LogP contribution in [0.2, 0.25) is 0 Å². The second kappa shape index (κ2) is 4.90. The van der Waals surface area contributed by atoms with Gasteiger partial charge in [-0.2, -0.15) is 0 Å². The van der Waals surface area contributed by atoms with E-state index in [9.17, 15) is 0 Å². The summed E-state index contributed by atoms with van der Waals surface area (Å²) in [6.45, 7) is 1.75. The molecule has 21 heavy (non-hydrogen) atoms. The molecule has 3 heterocycles. The largest absolute Gasteiger partial charge is 0.380 e. The number of aromatic nitrogens is 3. The maximum atomic E-state index is 4.65. The van der Waals surface area contributed by atoms with E-state index in [-0.39, 0.29) is 0 Å². The molecule has 0 fully saturated rings. The lowest BCUT2D eigenvalue weighted by Gasteiger charge is -2.19. The lowest BCUT2D eigenvalue weighted by atomic mass is 10.2. The third-order valence-corrected chi connectivity index (χ3v) is 3.38. The van der Waals surface area contributed by atoms with Crippen LogP contribution in [-0.2, 0) is 0 Å². The maximum Gasteiger partial charge on any atom is 0.160 e. The molecule has 1 aromatic carbocycles. The van der Waals surface area contributed by atoms with Gasteiger partial charge in [0.2, 0.25) is 0 Å². The van der Waals surface area contributed by atoms with E-state index in [0.717, 1.165) is 41.3 Å². The molecular formula is C15H14N6. The number of benzene rings is 1. The van der Waals surface area contributed by atoms with Gasteiger partial charge in [0.25, 0.3) is 0 Å². The Kier molecular flexibility index (Phi) is 2.77. The van der Waals surface area contributed by atoms with Crippen LogP contribution in [0.15, 0.2) is 42.7 Å². The van der Waals surface area contributed by atoms with Crippen LogP contribution in [0.1, 0.15) is 0 Å². The van der Waals surface area contributed by atoms with Gasteiger partial charge in [0.1, 0.15) is 11.8 Å². The molecule has 3 N–H and O–H groups in total. The Morgan fingerprint density at radius 2 is 1.86 bits per heavy atom. The predicted octanol–water partition coefficient (Wildman–Crippen LogP) is 2.61. The van der Waals surface area contributed by atoms with Gasteiger partial charge < -0.3 is 16.0 Å². The first-order valence-corrected chi connectivity index (χ1v) is 6.86. The molecule has 6 nitrogen and oxygen atoms in total. The van der Waals surface area contributed by atoms with E-state index in [1.54, 1.807) is 6.33 Å². The number of nitrogens with zero attached hydrogens (tertiary/aromatic N) is 3. The molecule has 0 spiro atoms. The third kappa shape index (κ3) is 2.20. The molecular weight excluding hydrogens is 264 g/mol. The summed E-state index contributed by atoms with van der Waals surface area (Å²) in [5, 5.41) is 9.90. The highest BCUT2D eigenvalue weighted by molar-refractivity contribution is 5.92. The molecule has 0 atom stereocenters. The van der Waals surface area contributed by atoms with Crippen molar-refractivity contribution >= 4 is 34.0 Å². The molecule has 104 valence electrons. The fraction of sp³-hybridized carbons (Fsp3) is 0.133. The second-order valence-corrected chi connectivity index (χ2v) is 4.82. The van der Waals surface area contributed by atoms with Crippen molar-refractivity contribution in [2.24, 2.45) is 0 Å². The number of hydrogen-bond acceptors (Lipinski definition) is 6. The molecule has 2 aromatic heterocycles. The van der Waals surface area contributed by atoms with Crippen molar-refractivity contribution in [2.75, 3.05) is 29.0 Å². The molecule has 0 aliphatic carbocycles. The summed E-state index contributed by atoms with van der Waals surface area (Å²) in [6.07, 6.45) is 1.55. The molecule has 1 aliphatic rings. The van der Waals surface area contributed by atoms with Gasteiger partial charge in [0.05, 0.1) is 11.2 Å². The Morgan fingerprint density at radius 1 is 1.00 bits per heavy atom. The van der Waals surface area contributed by atoms with Crippen LogP contribution in [0.3, 0.4) is 0 Å². The Hall–Kier alpha value is -2.89. The number of para-hydroxylation sites is 1. The van der Waals surface area contributed by atoms with Gasteiger partial charge in [0.15, 0.2) is 11.6 Å². The Morgan fingerprint density at radius 3 is 2.76 bits per heavy atom. The van der Waals surface area contributed by atoms with Gasteiger partial charge in [-0.25, -0.2) is 15.0 Å². The summed E-state index contributed by atoms with van der Waals surface area (Å²) in [5.41, 5.74) is 3.54. The Labute approximate surface area is 121 Å². The van der Waals surface area contributed by atoms with Gasteiger partial charge in [-0.3, -0.25) is 0 Å². The van der Waals surface area contributed by atoms with Crippen LogP contribution < -0.4 is 16.0 Å². The van der Waals surface area contributed by atoms with Crippen molar-refractivity contribution in [3.63, 3.8) is 0 Å². The minimum Gasteiger partial charge on any atom is -0.380 e. The van der Waals surface area contributed by atoms with Crippen LogP contribution in [0.4, 0.5) is 23.0 Å². The number of fused-ring (bicyclic) bond motifs is 2. The SMILES string of the molecule is c1ccc(Nc2ncnc3cc4c(nc23)NCCN4)cc1. The fourth-order valence-corrected chi connectivity index (χ4v) is 2.38. The van der Waals surface area contributed by atoms with Crippen LogP contribution in [0.5, 0.6) is 0 Å². The van der Waals surface area contributed by atoms with Gasteiger partial charge >= 0.3 is 0 Å². The van der Waals surface area contributed by atoms with E-state index in [4.69, 9.17) is 0 Å². The van der Waals surface area contributed by atoms with E-state index in [1.807, 2.05) is 36.4 Å². The van der Waals surface area contributed by atoms with Gasteiger partial charge in [-0.15, -0.1) is 0 Å². The summed E-state index contributed by atoms with van der Waals surface area (Å²) in [4.78, 5) is 13.3. The first-order valence-electron chi connectivity index (χ1n) is 6.86. The topological polar surface area (TPSA) is 74.8 Å². The number of nitrogens with one attached hydrogen (secondary N) is 3. The lowest BCUT2D eigenvalue weighted by Crippen LogP contribution is -2.21. The minimum atomic E-state index is 0.710. The average Bonchev–Trinajstić information content (AvgIpc) is 2.54. The molecule has 4 rings (SSSR count). The third-order valence-electron chi connectivity index (χ3n) is 3.38. The highest BCUT2D eigenvalue weighted by Crippen LogP contribution is 2.29. The zero-order chi connectivity index (χ0) is 14.1. The minimum absolute atomic E-state index is 0.710. The normalized spacial score (nSPS) is 13.1. The molecule has 0 saturated carbocycles. The van der Waals surface area contributed by atoms with Crippen molar-refractivity contribution in [3.8, 4) is 0 Å². The van der Waals surface area contributed by atoms with Crippen molar-refractivity contribution < 1.29 is 0 Å². The van der Waals surface area contributed by atoms with E-state index in [1.165, 1.54) is 0 Å². The summed E-state index contributed by atoms with van der Waals surface area (Å²) in [6, 6.07) is 11.9. The summed E-state index contributed by atoms with van der Waals surface area (Å²) in [7, 11) is 0. The standard InChI is InChI=1S/C15H14N6/c1-2-4-10(5-3-1)20-15-13-11(18-9-19-15)8-12-14(21-13)17-7-6-16-12/h1-5,8-9,16H,6-7H2,(H,17,21)(H,18,19,20). The summed E-state index contributed by atoms with van der Waals surface area (Å²) >= 11 is 0. The zero-order valence-electron chi connectivity index (χ0n) is 11.3. The van der Waals surface area contributed by atoms with Crippen LogP contribution in [0, 0.1) is 0 Å². The summed E-state index contributed by atoms with van der Waals surface area (Å²) in [5.74, 6) is 1.56. The second-order valence-electron chi connectivity index (χ2n) is 4.82. The zero-order valence-corrected chi connectivity index (χ0v) is 11.3. The molecule has 0 radical (unpaired) electrons. The number of hydrogen-bond donors (Lipinski definition) is 3. The highest BCUT2D eigenvalue weighted by Gasteiger charge is 2.14. The Bertz CT molecular complexity index is 787. The monoisotopic (exact) mass is 278 g/mol. The first kappa shape index (κ1) is 11.9. The lowest BCUT2D eigenvalue weighted by molar-refractivity contribution is 1.02. The van der Waals surface area contributed by atoms with Gasteiger partial charge in [-0.1, -0.05) is 18.2 Å². The van der Waals surface area contributed by atoms with Crippen LogP contribution in [0.25, 0.3) is 11.0 Å². The van der Waals surface area contributed by atoms with Crippen molar-refractivity contribution in [1.82, 2.24) is 15.0 Å². The molecule has 0 amide bonds. The molecule has 6 heteroatoms. The van der Waals surface area contributed by atoms with Crippen molar-refractivity contribution in [1.29, 1.82) is 0 Å². The fourth-order valence-electron chi connectivity index (χ4n) is 2.38. The quantitative estimate of drug-likeness (QED) is 0.669. The number of anilines is 4. The molecule has 0 bridgehead atoms. The molecule has 1 aliphatic heterocycles. The van der Waals surface area contributed by atoms with E-state index >= 15 is 0 Å². The average molecular weight is 278 g/mol. The first-order chi connectivity index (χ1) is 10.4. The van der Waals surface area contributed by atoms with E-state index in [2.05, 4.69) is 30.9 Å². The number of pyridine rings is 1. The molecule has 3 aromatic rings. The molecule has 0 unspecified atom stereocenters. The number of rotatable bonds is 2. The summed E-state index contributed by atoms with van der Waals surface area (Å²) < 4.78 is 0. The van der Waals surface area contributed by atoms with Crippen LogP contribution >= 0.6 is 0 Å². The van der Waals surface area contributed by atoms with E-state index < -0.39 is 0 Å². The predicted molar refractivity (Wildman–Crippen MR) is 84.0 cm³/mol. The Balaban J connectivity index is 1.82. The van der Waals surface area contributed by atoms with Crippen molar-refractivity contribution in [2.45, 2.75) is 0 Å². The van der Waals surface area contributed by atoms with Gasteiger partial charge in [0, 0.05) is 18.8 Å². The maximum absolute atomic E-state index is 4.65.